The quantitative estimate of drug-likeness (QED) is 0.770. The summed E-state index contributed by atoms with van der Waals surface area (Å²) in [5.41, 5.74) is 1.01. The summed E-state index contributed by atoms with van der Waals surface area (Å²) in [5, 5.41) is 2.78. The van der Waals surface area contributed by atoms with Gasteiger partial charge in [0, 0.05) is 11.6 Å². The van der Waals surface area contributed by atoms with Crippen LogP contribution in [-0.2, 0) is 0 Å². The maximum atomic E-state index is 12.4. The highest BCUT2D eigenvalue weighted by molar-refractivity contribution is 9.10. The Bertz CT molecular complexity index is 704. The first kappa shape index (κ1) is 18.1. The number of methoxy groups -OCH3 is 2. The zero-order valence-electron chi connectivity index (χ0n) is 13.8. The van der Waals surface area contributed by atoms with Gasteiger partial charge in [0.15, 0.2) is 11.5 Å². The van der Waals surface area contributed by atoms with Crippen LogP contribution >= 0.6 is 15.9 Å². The Morgan fingerprint density at radius 3 is 2.62 bits per heavy atom. The number of hydrogen-bond acceptors (Lipinski definition) is 5. The van der Waals surface area contributed by atoms with Gasteiger partial charge in [-0.2, -0.15) is 0 Å². The molecule has 6 nitrogen and oxygen atoms in total. The molecule has 0 radical (unpaired) electrons. The maximum Gasteiger partial charge on any atom is 0.255 e. The van der Waals surface area contributed by atoms with Crippen molar-refractivity contribution in [3.63, 3.8) is 0 Å². The summed E-state index contributed by atoms with van der Waals surface area (Å²) < 4.78 is 16.6. The van der Waals surface area contributed by atoms with Crippen LogP contribution in [0.5, 0.6) is 17.4 Å². The van der Waals surface area contributed by atoms with E-state index in [1.165, 1.54) is 20.4 Å². The standard InChI is InChI=1S/C17H19BrN2O4/c1-4-7-24-16-13(18)8-11(9-14(16)22-2)17(21)20-12-5-6-15(23-3)19-10-12/h5-6,8-10H,4,7H2,1-3H3,(H,20,21). The van der Waals surface area contributed by atoms with Crippen LogP contribution in [-0.4, -0.2) is 31.7 Å². The second kappa shape index (κ2) is 8.54. The van der Waals surface area contributed by atoms with Crippen LogP contribution in [0.25, 0.3) is 0 Å². The molecule has 1 aromatic heterocycles. The van der Waals surface area contributed by atoms with E-state index in [4.69, 9.17) is 14.2 Å². The number of carbonyl (C=O) groups is 1. The van der Waals surface area contributed by atoms with Crippen LogP contribution < -0.4 is 19.5 Å². The molecule has 0 atom stereocenters. The van der Waals surface area contributed by atoms with Crippen LogP contribution in [0.1, 0.15) is 23.7 Å². The van der Waals surface area contributed by atoms with Gasteiger partial charge in [-0.3, -0.25) is 4.79 Å². The van der Waals surface area contributed by atoms with Crippen LogP contribution in [0.4, 0.5) is 5.69 Å². The number of pyridine rings is 1. The van der Waals surface area contributed by atoms with Crippen LogP contribution in [0.15, 0.2) is 34.9 Å². The van der Waals surface area contributed by atoms with Crippen molar-refractivity contribution in [2.24, 2.45) is 0 Å². The smallest absolute Gasteiger partial charge is 0.255 e. The monoisotopic (exact) mass is 394 g/mol. The third-order valence-corrected chi connectivity index (χ3v) is 3.73. The molecule has 2 rings (SSSR count). The van der Waals surface area contributed by atoms with Gasteiger partial charge < -0.3 is 19.5 Å². The summed E-state index contributed by atoms with van der Waals surface area (Å²) in [5.74, 6) is 1.29. The molecule has 1 heterocycles. The highest BCUT2D eigenvalue weighted by Gasteiger charge is 2.16. The summed E-state index contributed by atoms with van der Waals surface area (Å²) in [4.78, 5) is 16.5. The Labute approximate surface area is 149 Å². The van der Waals surface area contributed by atoms with Gasteiger partial charge in [0.1, 0.15) is 0 Å². The zero-order chi connectivity index (χ0) is 17.5. The molecule has 0 spiro atoms. The number of hydrogen-bond donors (Lipinski definition) is 1. The highest BCUT2D eigenvalue weighted by Crippen LogP contribution is 2.37. The number of benzene rings is 1. The molecular weight excluding hydrogens is 376 g/mol. The normalized spacial score (nSPS) is 10.2. The van der Waals surface area contributed by atoms with Gasteiger partial charge in [-0.15, -0.1) is 0 Å². The molecule has 0 bridgehead atoms. The van der Waals surface area contributed by atoms with E-state index < -0.39 is 0 Å². The molecule has 7 heteroatoms. The summed E-state index contributed by atoms with van der Waals surface area (Å²) in [7, 11) is 3.07. The van der Waals surface area contributed by atoms with Gasteiger partial charge in [0.05, 0.1) is 37.2 Å². The zero-order valence-corrected chi connectivity index (χ0v) is 15.3. The van der Waals surface area contributed by atoms with E-state index >= 15 is 0 Å². The third-order valence-electron chi connectivity index (χ3n) is 3.15. The Hall–Kier alpha value is -2.28. The highest BCUT2D eigenvalue weighted by atomic mass is 79.9. The van der Waals surface area contributed by atoms with Crippen molar-refractivity contribution in [3.05, 3.63) is 40.5 Å². The minimum atomic E-state index is -0.275. The van der Waals surface area contributed by atoms with Crippen molar-refractivity contribution in [3.8, 4) is 17.4 Å². The number of halogens is 1. The number of aromatic nitrogens is 1. The number of anilines is 1. The van der Waals surface area contributed by atoms with E-state index in [0.717, 1.165) is 6.42 Å². The van der Waals surface area contributed by atoms with Gasteiger partial charge in [0.25, 0.3) is 5.91 Å². The second-order valence-corrected chi connectivity index (χ2v) is 5.74. The second-order valence-electron chi connectivity index (χ2n) is 4.88. The average Bonchev–Trinajstić information content (AvgIpc) is 2.60. The molecule has 0 aliphatic carbocycles. The lowest BCUT2D eigenvalue weighted by Gasteiger charge is -2.14. The van der Waals surface area contributed by atoms with Crippen molar-refractivity contribution >= 4 is 27.5 Å². The fourth-order valence-electron chi connectivity index (χ4n) is 1.97. The predicted octanol–water partition coefficient (Wildman–Crippen LogP) is 3.90. The lowest BCUT2D eigenvalue weighted by atomic mass is 10.2. The minimum Gasteiger partial charge on any atom is -0.493 e. The molecule has 24 heavy (non-hydrogen) atoms. The maximum absolute atomic E-state index is 12.4. The lowest BCUT2D eigenvalue weighted by Crippen LogP contribution is -2.12. The number of rotatable bonds is 7. The first-order valence-electron chi connectivity index (χ1n) is 7.40. The fraction of sp³-hybridized carbons (Fsp3) is 0.294. The summed E-state index contributed by atoms with van der Waals surface area (Å²) in [6.45, 7) is 2.59. The first-order chi connectivity index (χ1) is 11.6. The Morgan fingerprint density at radius 2 is 2.04 bits per heavy atom. The van der Waals surface area contributed by atoms with Crippen molar-refractivity contribution in [2.75, 3.05) is 26.1 Å². The summed E-state index contributed by atoms with van der Waals surface area (Å²) in [6.07, 6.45) is 2.41. The molecule has 0 aliphatic rings. The SMILES string of the molecule is CCCOc1c(Br)cc(C(=O)Nc2ccc(OC)nc2)cc1OC. The van der Waals surface area contributed by atoms with E-state index in [-0.39, 0.29) is 5.91 Å². The molecule has 0 fully saturated rings. The van der Waals surface area contributed by atoms with Crippen molar-refractivity contribution < 1.29 is 19.0 Å². The fourth-order valence-corrected chi connectivity index (χ4v) is 2.53. The van der Waals surface area contributed by atoms with E-state index in [2.05, 4.69) is 26.2 Å². The van der Waals surface area contributed by atoms with Crippen molar-refractivity contribution in [1.82, 2.24) is 4.98 Å². The van der Waals surface area contributed by atoms with Crippen LogP contribution in [0.3, 0.4) is 0 Å². The average molecular weight is 395 g/mol. The van der Waals surface area contributed by atoms with Gasteiger partial charge in [-0.25, -0.2) is 4.98 Å². The number of amides is 1. The van der Waals surface area contributed by atoms with Crippen molar-refractivity contribution in [2.45, 2.75) is 13.3 Å². The predicted molar refractivity (Wildman–Crippen MR) is 95.2 cm³/mol. The number of nitrogens with one attached hydrogen (secondary N) is 1. The van der Waals surface area contributed by atoms with Gasteiger partial charge in [-0.05, 0) is 40.5 Å². The molecule has 2 aromatic rings. The Kier molecular flexibility index (Phi) is 6.43. The molecule has 1 amide bonds. The van der Waals surface area contributed by atoms with Gasteiger partial charge in [-0.1, -0.05) is 6.92 Å². The van der Waals surface area contributed by atoms with E-state index in [0.29, 0.717) is 39.7 Å². The van der Waals surface area contributed by atoms with Gasteiger partial charge in [0.2, 0.25) is 5.88 Å². The molecule has 1 aromatic carbocycles. The van der Waals surface area contributed by atoms with E-state index in [1.54, 1.807) is 24.3 Å². The number of ether oxygens (including phenoxy) is 3. The lowest BCUT2D eigenvalue weighted by molar-refractivity contribution is 0.102. The molecule has 0 saturated heterocycles. The summed E-state index contributed by atoms with van der Waals surface area (Å²) >= 11 is 3.43. The van der Waals surface area contributed by atoms with E-state index in [9.17, 15) is 4.79 Å². The summed E-state index contributed by atoms with van der Waals surface area (Å²) in [6, 6.07) is 6.73. The number of nitrogens with zero attached hydrogens (tertiary/aromatic N) is 1. The van der Waals surface area contributed by atoms with Crippen LogP contribution in [0.2, 0.25) is 0 Å². The third kappa shape index (κ3) is 4.38. The van der Waals surface area contributed by atoms with Gasteiger partial charge >= 0.3 is 0 Å². The topological polar surface area (TPSA) is 69.7 Å². The largest absolute Gasteiger partial charge is 0.493 e. The molecule has 128 valence electrons. The molecule has 0 saturated carbocycles. The van der Waals surface area contributed by atoms with Crippen LogP contribution in [0, 0.1) is 0 Å². The Morgan fingerprint density at radius 1 is 1.25 bits per heavy atom. The first-order valence-corrected chi connectivity index (χ1v) is 8.20. The molecule has 0 unspecified atom stereocenters. The number of carbonyl (C=O) groups excluding carboxylic acids is 1. The minimum absolute atomic E-state index is 0.275. The molecular formula is C17H19BrN2O4. The van der Waals surface area contributed by atoms with E-state index in [1.807, 2.05) is 6.92 Å². The van der Waals surface area contributed by atoms with Crippen molar-refractivity contribution in [1.29, 1.82) is 0 Å². The Balaban J connectivity index is 2.20. The molecule has 0 aliphatic heterocycles. The molecule has 1 N–H and O–H groups in total.